The van der Waals surface area contributed by atoms with E-state index in [0.29, 0.717) is 10.6 Å². The molecule has 17 heavy (non-hydrogen) atoms. The Morgan fingerprint density at radius 3 is 2.18 bits per heavy atom. The topological polar surface area (TPSA) is 60.2 Å². The van der Waals surface area contributed by atoms with E-state index in [4.69, 9.17) is 16.7 Å². The van der Waals surface area contributed by atoms with Gasteiger partial charge in [0.05, 0.1) is 4.90 Å². The highest BCUT2D eigenvalue weighted by Gasteiger charge is 2.17. The quantitative estimate of drug-likeness (QED) is 0.909. The van der Waals surface area contributed by atoms with E-state index in [-0.39, 0.29) is 4.90 Å². The molecule has 0 saturated carbocycles. The molecule has 0 unspecified atom stereocenters. The van der Waals surface area contributed by atoms with E-state index < -0.39 is 10.0 Å². The lowest BCUT2D eigenvalue weighted by atomic mass is 10.1. The van der Waals surface area contributed by atoms with Crippen LogP contribution in [0.3, 0.4) is 0 Å². The molecule has 0 aliphatic heterocycles. The molecule has 0 saturated heterocycles. The highest BCUT2D eigenvalue weighted by Crippen LogP contribution is 2.33. The van der Waals surface area contributed by atoms with E-state index in [9.17, 15) is 8.42 Å². The Morgan fingerprint density at radius 2 is 1.59 bits per heavy atom. The molecule has 0 atom stereocenters. The standard InChI is InChI=1S/C12H10ClNO2S/c13-10-7-4-8-11(17(14,15)16)12(10)9-5-2-1-3-6-9/h1-8H,(H2,14,15,16). The fourth-order valence-electron chi connectivity index (χ4n) is 1.63. The van der Waals surface area contributed by atoms with Crippen molar-refractivity contribution in [2.75, 3.05) is 0 Å². The Hall–Kier alpha value is -1.36. The van der Waals surface area contributed by atoms with Gasteiger partial charge in [0, 0.05) is 10.6 Å². The molecule has 2 aromatic rings. The van der Waals surface area contributed by atoms with Gasteiger partial charge in [-0.05, 0) is 17.7 Å². The summed E-state index contributed by atoms with van der Waals surface area (Å²) in [6, 6.07) is 13.7. The summed E-state index contributed by atoms with van der Waals surface area (Å²) in [5.74, 6) is 0. The van der Waals surface area contributed by atoms with Crippen molar-refractivity contribution in [3.63, 3.8) is 0 Å². The minimum absolute atomic E-state index is 0.0381. The zero-order valence-corrected chi connectivity index (χ0v) is 10.4. The fourth-order valence-corrected chi connectivity index (χ4v) is 2.75. The molecule has 0 aromatic heterocycles. The Labute approximate surface area is 105 Å². The lowest BCUT2D eigenvalue weighted by molar-refractivity contribution is 0.598. The SMILES string of the molecule is NS(=O)(=O)c1cccc(Cl)c1-c1ccccc1. The van der Waals surface area contributed by atoms with Crippen molar-refractivity contribution in [2.45, 2.75) is 4.90 Å². The third-order valence-corrected chi connectivity index (χ3v) is 3.61. The fraction of sp³-hybridized carbons (Fsp3) is 0. The average molecular weight is 268 g/mol. The second-order valence-electron chi connectivity index (χ2n) is 3.52. The van der Waals surface area contributed by atoms with Gasteiger partial charge in [-0.15, -0.1) is 0 Å². The van der Waals surface area contributed by atoms with Gasteiger partial charge in [-0.25, -0.2) is 13.6 Å². The van der Waals surface area contributed by atoms with E-state index in [1.165, 1.54) is 6.07 Å². The van der Waals surface area contributed by atoms with Crippen molar-refractivity contribution in [3.05, 3.63) is 53.6 Å². The van der Waals surface area contributed by atoms with Crippen LogP contribution < -0.4 is 5.14 Å². The van der Waals surface area contributed by atoms with Gasteiger partial charge in [0.2, 0.25) is 10.0 Å². The monoisotopic (exact) mass is 267 g/mol. The molecular formula is C12H10ClNO2S. The predicted octanol–water partition coefficient (Wildman–Crippen LogP) is 2.65. The maximum absolute atomic E-state index is 11.5. The molecule has 88 valence electrons. The molecule has 0 amide bonds. The third-order valence-electron chi connectivity index (χ3n) is 2.34. The van der Waals surface area contributed by atoms with Crippen molar-refractivity contribution in [3.8, 4) is 11.1 Å². The van der Waals surface area contributed by atoms with Crippen LogP contribution in [-0.2, 0) is 10.0 Å². The number of hydrogen-bond acceptors (Lipinski definition) is 2. The maximum atomic E-state index is 11.5. The van der Waals surface area contributed by atoms with Crippen molar-refractivity contribution in [1.82, 2.24) is 0 Å². The van der Waals surface area contributed by atoms with Crippen LogP contribution in [0.4, 0.5) is 0 Å². The van der Waals surface area contributed by atoms with E-state index >= 15 is 0 Å². The Morgan fingerprint density at radius 1 is 0.941 bits per heavy atom. The summed E-state index contributed by atoms with van der Waals surface area (Å²) in [7, 11) is -3.79. The maximum Gasteiger partial charge on any atom is 0.238 e. The minimum Gasteiger partial charge on any atom is -0.225 e. The first-order valence-corrected chi connectivity index (χ1v) is 6.79. The zero-order valence-electron chi connectivity index (χ0n) is 8.80. The Bertz CT molecular complexity index is 639. The van der Waals surface area contributed by atoms with Crippen molar-refractivity contribution in [2.24, 2.45) is 5.14 Å². The first kappa shape index (κ1) is 12.1. The van der Waals surface area contributed by atoms with Crippen LogP contribution in [-0.4, -0.2) is 8.42 Å². The van der Waals surface area contributed by atoms with Crippen LogP contribution in [0.15, 0.2) is 53.4 Å². The molecule has 0 aliphatic carbocycles. The number of rotatable bonds is 2. The second kappa shape index (κ2) is 4.49. The average Bonchev–Trinajstić information content (AvgIpc) is 2.28. The summed E-state index contributed by atoms with van der Waals surface area (Å²) >= 11 is 6.05. The summed E-state index contributed by atoms with van der Waals surface area (Å²) in [5, 5.41) is 5.54. The summed E-state index contributed by atoms with van der Waals surface area (Å²) in [6.45, 7) is 0. The van der Waals surface area contributed by atoms with Gasteiger partial charge in [-0.1, -0.05) is 48.0 Å². The van der Waals surface area contributed by atoms with Crippen LogP contribution in [0, 0.1) is 0 Å². The number of benzene rings is 2. The van der Waals surface area contributed by atoms with Crippen molar-refractivity contribution in [1.29, 1.82) is 0 Å². The molecule has 0 spiro atoms. The molecule has 2 rings (SSSR count). The number of hydrogen-bond donors (Lipinski definition) is 1. The largest absolute Gasteiger partial charge is 0.238 e. The summed E-state index contributed by atoms with van der Waals surface area (Å²) in [4.78, 5) is 0.0381. The van der Waals surface area contributed by atoms with Crippen LogP contribution in [0.25, 0.3) is 11.1 Å². The van der Waals surface area contributed by atoms with Crippen LogP contribution in [0.2, 0.25) is 5.02 Å². The second-order valence-corrected chi connectivity index (χ2v) is 5.46. The molecule has 0 aliphatic rings. The molecule has 0 fully saturated rings. The van der Waals surface area contributed by atoms with Crippen LogP contribution >= 0.6 is 11.6 Å². The predicted molar refractivity (Wildman–Crippen MR) is 68.3 cm³/mol. The van der Waals surface area contributed by atoms with Gasteiger partial charge in [0.15, 0.2) is 0 Å². The molecule has 0 radical (unpaired) electrons. The molecule has 2 aromatic carbocycles. The third kappa shape index (κ3) is 2.49. The van der Waals surface area contributed by atoms with Gasteiger partial charge < -0.3 is 0 Å². The van der Waals surface area contributed by atoms with Crippen molar-refractivity contribution < 1.29 is 8.42 Å². The van der Waals surface area contributed by atoms with E-state index in [0.717, 1.165) is 5.56 Å². The van der Waals surface area contributed by atoms with E-state index in [1.807, 2.05) is 18.2 Å². The molecule has 5 heteroatoms. The number of nitrogens with two attached hydrogens (primary N) is 1. The first-order chi connectivity index (χ1) is 8.00. The van der Waals surface area contributed by atoms with Gasteiger partial charge in [0.1, 0.15) is 0 Å². The van der Waals surface area contributed by atoms with Gasteiger partial charge in [-0.2, -0.15) is 0 Å². The summed E-state index contributed by atoms with van der Waals surface area (Å²) < 4.78 is 23.0. The first-order valence-electron chi connectivity index (χ1n) is 4.87. The van der Waals surface area contributed by atoms with E-state index in [2.05, 4.69) is 0 Å². The van der Waals surface area contributed by atoms with Gasteiger partial charge in [-0.3, -0.25) is 0 Å². The molecule has 3 nitrogen and oxygen atoms in total. The van der Waals surface area contributed by atoms with Crippen molar-refractivity contribution >= 4 is 21.6 Å². The molecule has 0 heterocycles. The van der Waals surface area contributed by atoms with Gasteiger partial charge in [0.25, 0.3) is 0 Å². The minimum atomic E-state index is -3.79. The van der Waals surface area contributed by atoms with Crippen LogP contribution in [0.5, 0.6) is 0 Å². The smallest absolute Gasteiger partial charge is 0.225 e. The lowest BCUT2D eigenvalue weighted by Crippen LogP contribution is -2.13. The normalized spacial score (nSPS) is 11.4. The van der Waals surface area contributed by atoms with Gasteiger partial charge >= 0.3 is 0 Å². The molecule has 0 bridgehead atoms. The Kier molecular flexibility index (Phi) is 3.19. The summed E-state index contributed by atoms with van der Waals surface area (Å²) in [6.07, 6.45) is 0. The highest BCUT2D eigenvalue weighted by molar-refractivity contribution is 7.89. The Balaban J connectivity index is 2.78. The number of halogens is 1. The molecule has 2 N–H and O–H groups in total. The zero-order chi connectivity index (χ0) is 12.5. The van der Waals surface area contributed by atoms with E-state index in [1.54, 1.807) is 24.3 Å². The lowest BCUT2D eigenvalue weighted by Gasteiger charge is -2.09. The summed E-state index contributed by atoms with van der Waals surface area (Å²) in [5.41, 5.74) is 1.17. The van der Waals surface area contributed by atoms with Crippen LogP contribution in [0.1, 0.15) is 0 Å². The number of sulfonamides is 1. The number of primary sulfonamides is 1. The molecular weight excluding hydrogens is 258 g/mol. The highest BCUT2D eigenvalue weighted by atomic mass is 35.5.